The number of carbonyl (C=O) groups excluding carboxylic acids is 2. The molecule has 1 aromatic carbocycles. The number of ketones is 1. The summed E-state index contributed by atoms with van der Waals surface area (Å²) in [6, 6.07) is 9.27. The SMILES string of the molecule is CC(=O)CC[C@@]1(C)OC(c2ccccc2)=NC1=O. The Kier molecular flexibility index (Phi) is 3.28. The highest BCUT2D eigenvalue weighted by Crippen LogP contribution is 2.27. The van der Waals surface area contributed by atoms with Gasteiger partial charge in [-0.3, -0.25) is 4.79 Å². The molecule has 18 heavy (non-hydrogen) atoms. The molecule has 1 heterocycles. The fraction of sp³-hybridized carbons (Fsp3) is 0.357. The number of amides is 1. The Morgan fingerprint density at radius 2 is 2.00 bits per heavy atom. The number of nitrogens with zero attached hydrogens (tertiary/aromatic N) is 1. The maximum atomic E-state index is 11.9. The zero-order valence-corrected chi connectivity index (χ0v) is 10.5. The Morgan fingerprint density at radius 1 is 1.33 bits per heavy atom. The summed E-state index contributed by atoms with van der Waals surface area (Å²) in [5, 5.41) is 0. The highest BCUT2D eigenvalue weighted by atomic mass is 16.5. The molecular formula is C14H15NO3. The van der Waals surface area contributed by atoms with Gasteiger partial charge in [-0.1, -0.05) is 18.2 Å². The summed E-state index contributed by atoms with van der Waals surface area (Å²) in [5.74, 6) is 0.0649. The number of carbonyl (C=O) groups is 2. The van der Waals surface area contributed by atoms with Crippen molar-refractivity contribution in [3.63, 3.8) is 0 Å². The van der Waals surface area contributed by atoms with Crippen LogP contribution in [0.4, 0.5) is 0 Å². The lowest BCUT2D eigenvalue weighted by atomic mass is 9.98. The van der Waals surface area contributed by atoms with Crippen molar-refractivity contribution in [3.05, 3.63) is 35.9 Å². The van der Waals surface area contributed by atoms with Crippen LogP contribution in [0.15, 0.2) is 35.3 Å². The van der Waals surface area contributed by atoms with Crippen LogP contribution in [0.3, 0.4) is 0 Å². The molecule has 0 aromatic heterocycles. The van der Waals surface area contributed by atoms with E-state index in [4.69, 9.17) is 4.74 Å². The lowest BCUT2D eigenvalue weighted by molar-refractivity contribution is -0.130. The number of Topliss-reactive ketones (excluding diaryl/α,β-unsaturated/α-hetero) is 1. The van der Waals surface area contributed by atoms with Gasteiger partial charge < -0.3 is 9.53 Å². The molecule has 1 atom stereocenters. The van der Waals surface area contributed by atoms with Gasteiger partial charge >= 0.3 is 0 Å². The molecule has 0 fully saturated rings. The monoisotopic (exact) mass is 245 g/mol. The first-order valence-electron chi connectivity index (χ1n) is 5.88. The van der Waals surface area contributed by atoms with Crippen molar-refractivity contribution in [2.45, 2.75) is 32.3 Å². The number of rotatable bonds is 4. The van der Waals surface area contributed by atoms with E-state index in [0.29, 0.717) is 18.7 Å². The van der Waals surface area contributed by atoms with E-state index in [0.717, 1.165) is 5.56 Å². The van der Waals surface area contributed by atoms with Gasteiger partial charge in [-0.15, -0.1) is 0 Å². The van der Waals surface area contributed by atoms with E-state index in [1.54, 1.807) is 6.92 Å². The minimum Gasteiger partial charge on any atom is -0.461 e. The van der Waals surface area contributed by atoms with E-state index in [2.05, 4.69) is 4.99 Å². The van der Waals surface area contributed by atoms with Crippen molar-refractivity contribution < 1.29 is 14.3 Å². The predicted molar refractivity (Wildman–Crippen MR) is 67.4 cm³/mol. The molecule has 0 saturated heterocycles. The molecule has 0 saturated carbocycles. The topological polar surface area (TPSA) is 55.7 Å². The highest BCUT2D eigenvalue weighted by molar-refractivity contribution is 6.09. The van der Waals surface area contributed by atoms with E-state index in [-0.39, 0.29) is 11.7 Å². The zero-order valence-electron chi connectivity index (χ0n) is 10.5. The van der Waals surface area contributed by atoms with Gasteiger partial charge in [0.2, 0.25) is 5.90 Å². The lowest BCUT2D eigenvalue weighted by Gasteiger charge is -2.21. The number of hydrogen-bond acceptors (Lipinski definition) is 3. The molecule has 2 rings (SSSR count). The first-order chi connectivity index (χ1) is 8.51. The third-order valence-corrected chi connectivity index (χ3v) is 2.95. The quantitative estimate of drug-likeness (QED) is 0.816. The fourth-order valence-electron chi connectivity index (χ4n) is 1.77. The van der Waals surface area contributed by atoms with E-state index in [1.807, 2.05) is 30.3 Å². The van der Waals surface area contributed by atoms with Crippen LogP contribution in [0.2, 0.25) is 0 Å². The van der Waals surface area contributed by atoms with Gasteiger partial charge in [-0.2, -0.15) is 4.99 Å². The number of benzene rings is 1. The van der Waals surface area contributed by atoms with E-state index < -0.39 is 5.60 Å². The minimum absolute atomic E-state index is 0.0424. The van der Waals surface area contributed by atoms with Crippen LogP contribution < -0.4 is 0 Å². The first kappa shape index (κ1) is 12.5. The summed E-state index contributed by atoms with van der Waals surface area (Å²) >= 11 is 0. The molecule has 0 aliphatic carbocycles. The van der Waals surface area contributed by atoms with Gasteiger partial charge in [-0.25, -0.2) is 0 Å². The smallest absolute Gasteiger partial charge is 0.292 e. The van der Waals surface area contributed by atoms with Crippen LogP contribution in [-0.2, 0) is 14.3 Å². The Balaban J connectivity index is 2.14. The summed E-state index contributed by atoms with van der Waals surface area (Å²) < 4.78 is 5.65. The minimum atomic E-state index is -1.00. The van der Waals surface area contributed by atoms with Gasteiger partial charge in [0.1, 0.15) is 5.78 Å². The zero-order chi connectivity index (χ0) is 13.2. The Labute approximate surface area is 106 Å². The number of hydrogen-bond donors (Lipinski definition) is 0. The highest BCUT2D eigenvalue weighted by Gasteiger charge is 2.42. The average Bonchev–Trinajstić information content (AvgIpc) is 2.65. The van der Waals surface area contributed by atoms with Crippen LogP contribution in [-0.4, -0.2) is 23.2 Å². The molecule has 0 radical (unpaired) electrons. The summed E-state index contributed by atoms with van der Waals surface area (Å²) in [4.78, 5) is 26.8. The second kappa shape index (κ2) is 4.72. The number of aliphatic imine (C=N–C) groups is 1. The molecule has 0 spiro atoms. The summed E-state index contributed by atoms with van der Waals surface area (Å²) in [6.07, 6.45) is 0.681. The third kappa shape index (κ3) is 2.47. The van der Waals surface area contributed by atoms with Crippen LogP contribution in [0, 0.1) is 0 Å². The summed E-state index contributed by atoms with van der Waals surface area (Å²) in [5.41, 5.74) is -0.228. The van der Waals surface area contributed by atoms with Crippen molar-refractivity contribution in [3.8, 4) is 0 Å². The lowest BCUT2D eigenvalue weighted by Crippen LogP contribution is -2.34. The molecular weight excluding hydrogens is 230 g/mol. The van der Waals surface area contributed by atoms with Crippen LogP contribution in [0.5, 0.6) is 0 Å². The predicted octanol–water partition coefficient (Wildman–Crippen LogP) is 2.12. The third-order valence-electron chi connectivity index (χ3n) is 2.95. The summed E-state index contributed by atoms with van der Waals surface area (Å²) in [6.45, 7) is 3.18. The maximum absolute atomic E-state index is 11.9. The molecule has 4 heteroatoms. The first-order valence-corrected chi connectivity index (χ1v) is 5.88. The second-order valence-electron chi connectivity index (χ2n) is 4.62. The van der Waals surface area contributed by atoms with Gasteiger partial charge in [0.05, 0.1) is 0 Å². The van der Waals surface area contributed by atoms with E-state index in [9.17, 15) is 9.59 Å². The Morgan fingerprint density at radius 3 is 2.61 bits per heavy atom. The molecule has 1 amide bonds. The second-order valence-corrected chi connectivity index (χ2v) is 4.62. The maximum Gasteiger partial charge on any atom is 0.292 e. The normalized spacial score (nSPS) is 22.6. The number of ether oxygens (including phenoxy) is 1. The fourth-order valence-corrected chi connectivity index (χ4v) is 1.77. The molecule has 1 aromatic rings. The summed E-state index contributed by atoms with van der Waals surface area (Å²) in [7, 11) is 0. The van der Waals surface area contributed by atoms with Gasteiger partial charge in [0, 0.05) is 18.4 Å². The van der Waals surface area contributed by atoms with Crippen molar-refractivity contribution in [2.24, 2.45) is 4.99 Å². The van der Waals surface area contributed by atoms with Crippen molar-refractivity contribution in [2.75, 3.05) is 0 Å². The molecule has 0 bridgehead atoms. The molecule has 1 aliphatic rings. The van der Waals surface area contributed by atoms with Crippen LogP contribution in [0.25, 0.3) is 0 Å². The van der Waals surface area contributed by atoms with Crippen LogP contribution in [0.1, 0.15) is 32.3 Å². The average molecular weight is 245 g/mol. The molecule has 0 unspecified atom stereocenters. The van der Waals surface area contributed by atoms with Gasteiger partial charge in [0.15, 0.2) is 5.60 Å². The van der Waals surface area contributed by atoms with E-state index >= 15 is 0 Å². The van der Waals surface area contributed by atoms with Crippen molar-refractivity contribution in [1.29, 1.82) is 0 Å². The van der Waals surface area contributed by atoms with Crippen molar-refractivity contribution in [1.82, 2.24) is 0 Å². The largest absolute Gasteiger partial charge is 0.461 e. The van der Waals surface area contributed by atoms with Crippen LogP contribution >= 0.6 is 0 Å². The molecule has 94 valence electrons. The Hall–Kier alpha value is -1.97. The molecule has 0 N–H and O–H groups in total. The van der Waals surface area contributed by atoms with E-state index in [1.165, 1.54) is 6.92 Å². The van der Waals surface area contributed by atoms with Crippen molar-refractivity contribution >= 4 is 17.6 Å². The Bertz CT molecular complexity index is 507. The molecule has 1 aliphatic heterocycles. The van der Waals surface area contributed by atoms with Gasteiger partial charge in [-0.05, 0) is 26.0 Å². The standard InChI is InChI=1S/C14H15NO3/c1-10(16)8-9-14(2)13(17)15-12(18-14)11-6-4-3-5-7-11/h3-7H,8-9H2,1-2H3/t14-/m1/s1. The molecule has 4 nitrogen and oxygen atoms in total. The van der Waals surface area contributed by atoms with Gasteiger partial charge in [0.25, 0.3) is 5.91 Å².